The molecule has 2 N–H and O–H groups in total. The highest BCUT2D eigenvalue weighted by atomic mass is 19.1. The zero-order valence-corrected chi connectivity index (χ0v) is 10.4. The third-order valence-corrected chi connectivity index (χ3v) is 3.14. The van der Waals surface area contributed by atoms with Gasteiger partial charge in [-0.3, -0.25) is 4.79 Å². The smallest absolute Gasteiger partial charge is 0.254 e. The van der Waals surface area contributed by atoms with Gasteiger partial charge >= 0.3 is 0 Å². The highest BCUT2D eigenvalue weighted by molar-refractivity contribution is 5.94. The van der Waals surface area contributed by atoms with Crippen LogP contribution in [0.3, 0.4) is 0 Å². The van der Waals surface area contributed by atoms with E-state index in [-0.39, 0.29) is 17.7 Å². The zero-order chi connectivity index (χ0) is 13.1. The van der Waals surface area contributed by atoms with Gasteiger partial charge in [-0.2, -0.15) is 0 Å². The lowest BCUT2D eigenvalue weighted by atomic mass is 10.1. The Morgan fingerprint density at radius 3 is 2.94 bits per heavy atom. The van der Waals surface area contributed by atoms with E-state index in [4.69, 9.17) is 10.5 Å². The van der Waals surface area contributed by atoms with Crippen molar-refractivity contribution in [1.82, 2.24) is 4.90 Å². The van der Waals surface area contributed by atoms with E-state index < -0.39 is 5.82 Å². The molecule has 1 aromatic rings. The molecule has 1 aliphatic heterocycles. The molecule has 0 bridgehead atoms. The lowest BCUT2D eigenvalue weighted by molar-refractivity contribution is 0.0708. The molecule has 5 heteroatoms. The summed E-state index contributed by atoms with van der Waals surface area (Å²) in [6, 6.07) is 4.27. The van der Waals surface area contributed by atoms with Gasteiger partial charge in [-0.15, -0.1) is 0 Å². The minimum atomic E-state index is -0.523. The first-order chi connectivity index (χ1) is 8.61. The number of ether oxygens (including phenoxy) is 1. The Morgan fingerprint density at radius 2 is 2.33 bits per heavy atom. The predicted molar refractivity (Wildman–Crippen MR) is 66.1 cm³/mol. The standard InChI is InChI=1S/C13H17FN2O2/c1-18-12-5-4-9(7-11(12)14)13(17)16-6-2-3-10(15)8-16/h4-5,7,10H,2-3,6,8,15H2,1H3/t10-/m1/s1. The Kier molecular flexibility index (Phi) is 3.81. The molecule has 1 aliphatic rings. The molecular weight excluding hydrogens is 235 g/mol. The van der Waals surface area contributed by atoms with Crippen LogP contribution in [0.4, 0.5) is 4.39 Å². The molecule has 0 radical (unpaired) electrons. The van der Waals surface area contributed by atoms with Crippen LogP contribution in [0.2, 0.25) is 0 Å². The van der Waals surface area contributed by atoms with Crippen LogP contribution in [0, 0.1) is 5.82 Å². The molecule has 4 nitrogen and oxygen atoms in total. The van der Waals surface area contributed by atoms with E-state index in [0.717, 1.165) is 12.8 Å². The second-order valence-electron chi connectivity index (χ2n) is 4.50. The number of likely N-dealkylation sites (tertiary alicyclic amines) is 1. The van der Waals surface area contributed by atoms with Crippen molar-refractivity contribution in [1.29, 1.82) is 0 Å². The van der Waals surface area contributed by atoms with Crippen LogP contribution in [-0.4, -0.2) is 37.0 Å². The van der Waals surface area contributed by atoms with Crippen LogP contribution in [0.15, 0.2) is 18.2 Å². The van der Waals surface area contributed by atoms with E-state index >= 15 is 0 Å². The molecule has 2 rings (SSSR count). The number of rotatable bonds is 2. The van der Waals surface area contributed by atoms with Gasteiger partial charge in [0, 0.05) is 24.7 Å². The number of piperidine rings is 1. The van der Waals surface area contributed by atoms with Crippen molar-refractivity contribution in [3.05, 3.63) is 29.6 Å². The van der Waals surface area contributed by atoms with E-state index in [0.29, 0.717) is 18.7 Å². The maximum Gasteiger partial charge on any atom is 0.254 e. The van der Waals surface area contributed by atoms with E-state index in [2.05, 4.69) is 0 Å². The Bertz CT molecular complexity index is 451. The van der Waals surface area contributed by atoms with Crippen LogP contribution >= 0.6 is 0 Å². The molecule has 1 fully saturated rings. The average Bonchev–Trinajstić information content (AvgIpc) is 2.37. The maximum absolute atomic E-state index is 13.5. The minimum absolute atomic E-state index is 0.0193. The van der Waals surface area contributed by atoms with Crippen molar-refractivity contribution in [3.8, 4) is 5.75 Å². The molecule has 0 aliphatic carbocycles. The van der Waals surface area contributed by atoms with Crippen molar-refractivity contribution in [2.45, 2.75) is 18.9 Å². The number of halogens is 1. The Balaban J connectivity index is 2.15. The van der Waals surface area contributed by atoms with Crippen LogP contribution in [0.25, 0.3) is 0 Å². The molecule has 1 saturated heterocycles. The third kappa shape index (κ3) is 2.61. The molecule has 0 saturated carbocycles. The lowest BCUT2D eigenvalue weighted by Gasteiger charge is -2.30. The molecule has 1 heterocycles. The van der Waals surface area contributed by atoms with Gasteiger partial charge in [0.05, 0.1) is 7.11 Å². The Hall–Kier alpha value is -1.62. The number of carbonyl (C=O) groups excluding carboxylic acids is 1. The Labute approximate surface area is 106 Å². The lowest BCUT2D eigenvalue weighted by Crippen LogP contribution is -2.45. The summed E-state index contributed by atoms with van der Waals surface area (Å²) in [4.78, 5) is 13.8. The summed E-state index contributed by atoms with van der Waals surface area (Å²) in [7, 11) is 1.39. The van der Waals surface area contributed by atoms with Crippen molar-refractivity contribution >= 4 is 5.91 Å². The van der Waals surface area contributed by atoms with Crippen molar-refractivity contribution in [2.24, 2.45) is 5.73 Å². The molecule has 0 unspecified atom stereocenters. The molecule has 18 heavy (non-hydrogen) atoms. The number of hydrogen-bond donors (Lipinski definition) is 1. The largest absolute Gasteiger partial charge is 0.494 e. The second kappa shape index (κ2) is 5.35. The van der Waals surface area contributed by atoms with Gasteiger partial charge in [0.25, 0.3) is 5.91 Å². The van der Waals surface area contributed by atoms with E-state index in [1.165, 1.54) is 19.2 Å². The first-order valence-electron chi connectivity index (χ1n) is 6.00. The fourth-order valence-corrected chi connectivity index (χ4v) is 2.18. The van der Waals surface area contributed by atoms with E-state index in [1.807, 2.05) is 0 Å². The summed E-state index contributed by atoms with van der Waals surface area (Å²) in [5, 5.41) is 0. The maximum atomic E-state index is 13.5. The van der Waals surface area contributed by atoms with Crippen LogP contribution < -0.4 is 10.5 Å². The van der Waals surface area contributed by atoms with Crippen LogP contribution in [0.5, 0.6) is 5.75 Å². The van der Waals surface area contributed by atoms with Crippen LogP contribution in [-0.2, 0) is 0 Å². The number of amides is 1. The third-order valence-electron chi connectivity index (χ3n) is 3.14. The van der Waals surface area contributed by atoms with Gasteiger partial charge in [0.2, 0.25) is 0 Å². The van der Waals surface area contributed by atoms with Gasteiger partial charge in [-0.25, -0.2) is 4.39 Å². The molecule has 1 amide bonds. The topological polar surface area (TPSA) is 55.6 Å². The number of hydrogen-bond acceptors (Lipinski definition) is 3. The summed E-state index contributed by atoms with van der Waals surface area (Å²) < 4.78 is 18.4. The first kappa shape index (κ1) is 12.8. The quantitative estimate of drug-likeness (QED) is 0.865. The van der Waals surface area contributed by atoms with Gasteiger partial charge < -0.3 is 15.4 Å². The average molecular weight is 252 g/mol. The van der Waals surface area contributed by atoms with Gasteiger partial charge in [-0.1, -0.05) is 0 Å². The summed E-state index contributed by atoms with van der Waals surface area (Å²) >= 11 is 0. The van der Waals surface area contributed by atoms with Gasteiger partial charge in [0.15, 0.2) is 11.6 Å². The van der Waals surface area contributed by atoms with Gasteiger partial charge in [-0.05, 0) is 31.0 Å². The summed E-state index contributed by atoms with van der Waals surface area (Å²) in [5.41, 5.74) is 6.16. The summed E-state index contributed by atoms with van der Waals surface area (Å²) in [6.45, 7) is 1.21. The number of nitrogens with zero attached hydrogens (tertiary/aromatic N) is 1. The summed E-state index contributed by atoms with van der Waals surface area (Å²) in [6.07, 6.45) is 1.83. The molecule has 98 valence electrons. The number of nitrogens with two attached hydrogens (primary N) is 1. The summed E-state index contributed by atoms with van der Waals surface area (Å²) in [5.74, 6) is -0.557. The first-order valence-corrected chi connectivity index (χ1v) is 6.00. The SMILES string of the molecule is COc1ccc(C(=O)N2CCC[C@@H](N)C2)cc1F. The second-order valence-corrected chi connectivity index (χ2v) is 4.50. The minimum Gasteiger partial charge on any atom is -0.494 e. The van der Waals surface area contributed by atoms with Crippen molar-refractivity contribution in [3.63, 3.8) is 0 Å². The monoisotopic (exact) mass is 252 g/mol. The molecule has 1 aromatic carbocycles. The normalized spacial score (nSPS) is 19.7. The molecule has 1 atom stereocenters. The zero-order valence-electron chi connectivity index (χ0n) is 10.4. The van der Waals surface area contributed by atoms with E-state index in [1.54, 1.807) is 11.0 Å². The fraction of sp³-hybridized carbons (Fsp3) is 0.462. The molecular formula is C13H17FN2O2. The fourth-order valence-electron chi connectivity index (χ4n) is 2.18. The van der Waals surface area contributed by atoms with Crippen molar-refractivity contribution < 1.29 is 13.9 Å². The number of benzene rings is 1. The molecule has 0 spiro atoms. The molecule has 0 aromatic heterocycles. The Morgan fingerprint density at radius 1 is 1.56 bits per heavy atom. The number of methoxy groups -OCH3 is 1. The highest BCUT2D eigenvalue weighted by Crippen LogP contribution is 2.20. The van der Waals surface area contributed by atoms with E-state index in [9.17, 15) is 9.18 Å². The van der Waals surface area contributed by atoms with Crippen molar-refractivity contribution in [2.75, 3.05) is 20.2 Å². The van der Waals surface area contributed by atoms with Gasteiger partial charge in [0.1, 0.15) is 0 Å². The van der Waals surface area contributed by atoms with Crippen LogP contribution in [0.1, 0.15) is 23.2 Å². The predicted octanol–water partition coefficient (Wildman–Crippen LogP) is 1.40. The highest BCUT2D eigenvalue weighted by Gasteiger charge is 2.22. The number of carbonyl (C=O) groups is 1.